The third kappa shape index (κ3) is 2.01. The molecule has 1 aromatic rings. The molecule has 0 N–H and O–H groups in total. The minimum absolute atomic E-state index is 0.338. The van der Waals surface area contributed by atoms with Crippen LogP contribution in [0.2, 0.25) is 0 Å². The van der Waals surface area contributed by atoms with Crippen molar-refractivity contribution in [3.05, 3.63) is 22.8 Å². The molecule has 16 heavy (non-hydrogen) atoms. The summed E-state index contributed by atoms with van der Waals surface area (Å²) in [7, 11) is 0. The van der Waals surface area contributed by atoms with E-state index < -0.39 is 0 Å². The van der Waals surface area contributed by atoms with Crippen LogP contribution in [0.15, 0.2) is 6.07 Å². The third-order valence-electron chi connectivity index (χ3n) is 2.98. The molecule has 0 saturated heterocycles. The molecule has 1 heterocycles. The average molecular weight is 332 g/mol. The normalized spacial score (nSPS) is 18.1. The molecule has 2 rings (SSSR count). The molecule has 0 spiro atoms. The maximum absolute atomic E-state index is 5.89. The van der Waals surface area contributed by atoms with Gasteiger partial charge in [-0.3, -0.25) is 0 Å². The molecule has 1 aliphatic rings. The topological polar surface area (TPSA) is 18.5 Å². The van der Waals surface area contributed by atoms with Gasteiger partial charge in [0.1, 0.15) is 17.6 Å². The molecule has 0 bridgehead atoms. The summed E-state index contributed by atoms with van der Waals surface area (Å²) < 4.78 is 12.6. The molecule has 88 valence electrons. The van der Waals surface area contributed by atoms with E-state index in [1.807, 2.05) is 6.92 Å². The van der Waals surface area contributed by atoms with Crippen LogP contribution in [0.25, 0.3) is 0 Å². The number of fused-ring (bicyclic) bond motifs is 1. The highest BCUT2D eigenvalue weighted by atomic mass is 127. The Balaban J connectivity index is 2.41. The molecule has 1 aromatic carbocycles. The first-order chi connectivity index (χ1) is 7.67. The lowest BCUT2D eigenvalue weighted by Crippen LogP contribution is -2.13. The SMILES string of the molecule is CCOc1c(C)cc2c(c1C)CC(CI)O2. The van der Waals surface area contributed by atoms with Crippen molar-refractivity contribution in [2.24, 2.45) is 0 Å². The summed E-state index contributed by atoms with van der Waals surface area (Å²) in [6.07, 6.45) is 1.36. The average Bonchev–Trinajstić information content (AvgIpc) is 2.67. The lowest BCUT2D eigenvalue weighted by molar-refractivity contribution is 0.262. The van der Waals surface area contributed by atoms with Gasteiger partial charge in [-0.05, 0) is 38.0 Å². The van der Waals surface area contributed by atoms with E-state index in [1.165, 1.54) is 16.7 Å². The summed E-state index contributed by atoms with van der Waals surface area (Å²) in [4.78, 5) is 0. The molecule has 0 aromatic heterocycles. The predicted octanol–water partition coefficient (Wildman–Crippen LogP) is 3.44. The smallest absolute Gasteiger partial charge is 0.125 e. The van der Waals surface area contributed by atoms with Crippen molar-refractivity contribution in [1.82, 2.24) is 0 Å². The van der Waals surface area contributed by atoms with Gasteiger partial charge in [0.25, 0.3) is 0 Å². The van der Waals surface area contributed by atoms with E-state index in [0.717, 1.165) is 29.0 Å². The summed E-state index contributed by atoms with van der Waals surface area (Å²) >= 11 is 2.38. The summed E-state index contributed by atoms with van der Waals surface area (Å²) in [5, 5.41) is 0. The Bertz CT molecular complexity index is 401. The van der Waals surface area contributed by atoms with E-state index in [4.69, 9.17) is 9.47 Å². The van der Waals surface area contributed by atoms with Crippen molar-refractivity contribution < 1.29 is 9.47 Å². The van der Waals surface area contributed by atoms with Crippen molar-refractivity contribution in [3.63, 3.8) is 0 Å². The van der Waals surface area contributed by atoms with E-state index >= 15 is 0 Å². The van der Waals surface area contributed by atoms with Gasteiger partial charge < -0.3 is 9.47 Å². The van der Waals surface area contributed by atoms with E-state index in [1.54, 1.807) is 0 Å². The van der Waals surface area contributed by atoms with E-state index in [2.05, 4.69) is 42.5 Å². The lowest BCUT2D eigenvalue weighted by Gasteiger charge is -2.13. The quantitative estimate of drug-likeness (QED) is 0.624. The standard InChI is InChI=1S/C13H17IO2/c1-4-15-13-8(2)5-12-11(9(13)3)6-10(7-14)16-12/h5,10H,4,6-7H2,1-3H3. The number of alkyl halides is 1. The van der Waals surface area contributed by atoms with Crippen LogP contribution >= 0.6 is 22.6 Å². The number of rotatable bonds is 3. The number of hydrogen-bond donors (Lipinski definition) is 0. The van der Waals surface area contributed by atoms with Crippen molar-refractivity contribution in [2.45, 2.75) is 33.3 Å². The highest BCUT2D eigenvalue weighted by molar-refractivity contribution is 14.1. The summed E-state index contributed by atoms with van der Waals surface area (Å²) in [5.74, 6) is 2.10. The molecule has 0 amide bonds. The number of ether oxygens (including phenoxy) is 2. The summed E-state index contributed by atoms with van der Waals surface area (Å²) in [6, 6.07) is 2.11. The van der Waals surface area contributed by atoms with Gasteiger partial charge in [-0.1, -0.05) is 22.6 Å². The maximum atomic E-state index is 5.89. The molecule has 1 atom stereocenters. The summed E-state index contributed by atoms with van der Waals surface area (Å²) in [5.41, 5.74) is 3.76. The van der Waals surface area contributed by atoms with E-state index in [-0.39, 0.29) is 0 Å². The zero-order chi connectivity index (χ0) is 11.7. The number of aryl methyl sites for hydroxylation is 1. The zero-order valence-corrected chi connectivity index (χ0v) is 12.1. The molecule has 0 saturated carbocycles. The van der Waals surface area contributed by atoms with Crippen LogP contribution < -0.4 is 9.47 Å². The molecule has 1 unspecified atom stereocenters. The molecular weight excluding hydrogens is 315 g/mol. The first-order valence-electron chi connectivity index (χ1n) is 5.65. The number of benzene rings is 1. The minimum Gasteiger partial charge on any atom is -0.493 e. The van der Waals surface area contributed by atoms with Gasteiger partial charge in [-0.25, -0.2) is 0 Å². The second-order valence-corrected chi connectivity index (χ2v) is 5.04. The Morgan fingerprint density at radius 1 is 1.50 bits per heavy atom. The van der Waals surface area contributed by atoms with Crippen molar-refractivity contribution in [2.75, 3.05) is 11.0 Å². The van der Waals surface area contributed by atoms with E-state index in [0.29, 0.717) is 6.10 Å². The second kappa shape index (κ2) is 4.82. The Kier molecular flexibility index (Phi) is 3.62. The van der Waals surface area contributed by atoms with Gasteiger partial charge in [0, 0.05) is 16.4 Å². The van der Waals surface area contributed by atoms with Crippen LogP contribution in [0.4, 0.5) is 0 Å². The fourth-order valence-corrected chi connectivity index (χ4v) is 2.72. The minimum atomic E-state index is 0.338. The fraction of sp³-hybridized carbons (Fsp3) is 0.538. The van der Waals surface area contributed by atoms with Crippen LogP contribution in [0.5, 0.6) is 11.5 Å². The molecule has 3 heteroatoms. The van der Waals surface area contributed by atoms with Gasteiger partial charge in [-0.2, -0.15) is 0 Å². The molecule has 0 fully saturated rings. The lowest BCUT2D eigenvalue weighted by atomic mass is 10.0. The molecule has 0 aliphatic carbocycles. The largest absolute Gasteiger partial charge is 0.493 e. The molecule has 1 aliphatic heterocycles. The molecule has 0 radical (unpaired) electrons. The molecular formula is C13H17IO2. The van der Waals surface area contributed by atoms with Crippen molar-refractivity contribution >= 4 is 22.6 Å². The molecule has 2 nitrogen and oxygen atoms in total. The predicted molar refractivity (Wildman–Crippen MR) is 74.1 cm³/mol. The maximum Gasteiger partial charge on any atom is 0.125 e. The Hall–Kier alpha value is -0.450. The van der Waals surface area contributed by atoms with Crippen LogP contribution in [0.1, 0.15) is 23.6 Å². The fourth-order valence-electron chi connectivity index (χ4n) is 2.23. The van der Waals surface area contributed by atoms with Crippen molar-refractivity contribution in [3.8, 4) is 11.5 Å². The monoisotopic (exact) mass is 332 g/mol. The number of halogens is 1. The van der Waals surface area contributed by atoms with Gasteiger partial charge in [0.05, 0.1) is 6.61 Å². The first-order valence-corrected chi connectivity index (χ1v) is 7.18. The van der Waals surface area contributed by atoms with Crippen molar-refractivity contribution in [1.29, 1.82) is 0 Å². The zero-order valence-electron chi connectivity index (χ0n) is 9.97. The van der Waals surface area contributed by atoms with Gasteiger partial charge in [-0.15, -0.1) is 0 Å². The Labute approximate surface area is 110 Å². The van der Waals surface area contributed by atoms with Gasteiger partial charge in [0.15, 0.2) is 0 Å². The Morgan fingerprint density at radius 3 is 2.88 bits per heavy atom. The van der Waals surface area contributed by atoms with E-state index in [9.17, 15) is 0 Å². The van der Waals surface area contributed by atoms with Crippen LogP contribution in [-0.2, 0) is 6.42 Å². The first kappa shape index (κ1) is 12.0. The van der Waals surface area contributed by atoms with Gasteiger partial charge >= 0.3 is 0 Å². The van der Waals surface area contributed by atoms with Crippen LogP contribution in [0, 0.1) is 13.8 Å². The second-order valence-electron chi connectivity index (χ2n) is 4.16. The third-order valence-corrected chi connectivity index (χ3v) is 3.97. The summed E-state index contributed by atoms with van der Waals surface area (Å²) in [6.45, 7) is 6.96. The Morgan fingerprint density at radius 2 is 2.25 bits per heavy atom. The van der Waals surface area contributed by atoms with Crippen LogP contribution in [-0.4, -0.2) is 17.1 Å². The van der Waals surface area contributed by atoms with Crippen LogP contribution in [0.3, 0.4) is 0 Å². The number of hydrogen-bond acceptors (Lipinski definition) is 2. The highest BCUT2D eigenvalue weighted by Crippen LogP contribution is 2.39. The highest BCUT2D eigenvalue weighted by Gasteiger charge is 2.26. The van der Waals surface area contributed by atoms with Gasteiger partial charge in [0.2, 0.25) is 0 Å².